The quantitative estimate of drug-likeness (QED) is 0.721. The molecule has 1 heterocycles. The van der Waals surface area contributed by atoms with Crippen molar-refractivity contribution in [2.75, 3.05) is 0 Å². The number of rotatable bonds is 0. The van der Waals surface area contributed by atoms with Gasteiger partial charge in [-0.15, -0.1) is 0 Å². The third kappa shape index (κ3) is 1.59. The summed E-state index contributed by atoms with van der Waals surface area (Å²) >= 11 is 0. The number of benzene rings is 1. The van der Waals surface area contributed by atoms with Gasteiger partial charge in [-0.3, -0.25) is 0 Å². The smallest absolute Gasteiger partial charge is 0.450 e. The topological polar surface area (TPSA) is 29.5 Å². The van der Waals surface area contributed by atoms with Crippen molar-refractivity contribution in [3.05, 3.63) is 35.9 Å². The first-order valence-electron chi connectivity index (χ1n) is 4.19. The normalized spacial score (nSPS) is 24.5. The van der Waals surface area contributed by atoms with Crippen molar-refractivity contribution in [1.29, 1.82) is 0 Å². The number of hydrogen-bond donors (Lipinski definition) is 1. The molecule has 15 heavy (non-hydrogen) atoms. The molecule has 1 unspecified atom stereocenters. The molecule has 0 spiro atoms. The Morgan fingerprint density at radius 1 is 1.20 bits per heavy atom. The fraction of sp³-hybridized carbons (Fsp3) is 0.200. The van der Waals surface area contributed by atoms with Crippen molar-refractivity contribution in [1.82, 2.24) is 0 Å². The molecule has 1 aromatic carbocycles. The van der Waals surface area contributed by atoms with Crippen LogP contribution in [0, 0.1) is 0 Å². The summed E-state index contributed by atoms with van der Waals surface area (Å²) in [5.74, 6) is -3.21. The lowest BCUT2D eigenvalue weighted by atomic mass is 10.1. The highest BCUT2D eigenvalue weighted by molar-refractivity contribution is 5.60. The minimum Gasteiger partial charge on any atom is -0.450 e. The van der Waals surface area contributed by atoms with Gasteiger partial charge in [0.25, 0.3) is 0 Å². The molecular weight excluding hydrogens is 209 g/mol. The van der Waals surface area contributed by atoms with E-state index in [0.29, 0.717) is 11.6 Å². The molecule has 1 N–H and O–H groups in total. The SMILES string of the molecule is OC1(C(F)(F)F)C=Cc2ccccc2O1. The lowest BCUT2D eigenvalue weighted by Crippen LogP contribution is -2.49. The first-order valence-corrected chi connectivity index (χ1v) is 4.19. The number of aliphatic hydroxyl groups is 1. The number of para-hydroxylation sites is 1. The van der Waals surface area contributed by atoms with Crippen LogP contribution in [0.5, 0.6) is 5.75 Å². The number of halogens is 3. The van der Waals surface area contributed by atoms with E-state index in [9.17, 15) is 18.3 Å². The van der Waals surface area contributed by atoms with Gasteiger partial charge in [-0.05, 0) is 18.2 Å². The Labute approximate surface area is 83.6 Å². The number of hydrogen-bond acceptors (Lipinski definition) is 2. The maximum Gasteiger partial charge on any atom is 0.459 e. The van der Waals surface area contributed by atoms with Gasteiger partial charge in [-0.1, -0.05) is 18.2 Å². The summed E-state index contributed by atoms with van der Waals surface area (Å²) in [6.07, 6.45) is -3.07. The van der Waals surface area contributed by atoms with E-state index >= 15 is 0 Å². The summed E-state index contributed by atoms with van der Waals surface area (Å²) in [5, 5.41) is 9.22. The van der Waals surface area contributed by atoms with Crippen molar-refractivity contribution in [2.24, 2.45) is 0 Å². The molecule has 1 aliphatic rings. The van der Waals surface area contributed by atoms with E-state index in [1.54, 1.807) is 12.1 Å². The van der Waals surface area contributed by atoms with Crippen LogP contribution in [0.3, 0.4) is 0 Å². The Hall–Kier alpha value is -1.49. The molecule has 2 nitrogen and oxygen atoms in total. The zero-order valence-corrected chi connectivity index (χ0v) is 7.45. The van der Waals surface area contributed by atoms with Crippen LogP contribution in [0.15, 0.2) is 30.3 Å². The molecule has 2 rings (SSSR count). The zero-order chi connectivity index (χ0) is 11.1. The molecule has 0 aromatic heterocycles. The average Bonchev–Trinajstić information content (AvgIpc) is 2.16. The summed E-state index contributed by atoms with van der Waals surface area (Å²) in [5.41, 5.74) is 0.506. The molecule has 80 valence electrons. The van der Waals surface area contributed by atoms with Gasteiger partial charge in [0.05, 0.1) is 0 Å². The van der Waals surface area contributed by atoms with Crippen molar-refractivity contribution >= 4 is 6.08 Å². The molecule has 0 bridgehead atoms. The van der Waals surface area contributed by atoms with E-state index in [-0.39, 0.29) is 5.75 Å². The van der Waals surface area contributed by atoms with Crippen LogP contribution in [0.25, 0.3) is 6.08 Å². The number of fused-ring (bicyclic) bond motifs is 1. The van der Waals surface area contributed by atoms with Crippen LogP contribution in [0.2, 0.25) is 0 Å². The van der Waals surface area contributed by atoms with Crippen molar-refractivity contribution in [3.8, 4) is 5.75 Å². The molecule has 0 saturated heterocycles. The van der Waals surface area contributed by atoms with Crippen LogP contribution < -0.4 is 4.74 Å². The van der Waals surface area contributed by atoms with Crippen LogP contribution in [-0.4, -0.2) is 17.1 Å². The van der Waals surface area contributed by atoms with E-state index in [1.165, 1.54) is 18.2 Å². The van der Waals surface area contributed by atoms with Gasteiger partial charge in [0.2, 0.25) is 0 Å². The summed E-state index contributed by atoms with van der Waals surface area (Å²) in [4.78, 5) is 0. The Bertz CT molecular complexity index is 411. The molecule has 1 aromatic rings. The third-order valence-electron chi connectivity index (χ3n) is 2.08. The number of ether oxygens (including phenoxy) is 1. The highest BCUT2D eigenvalue weighted by Crippen LogP contribution is 2.38. The second-order valence-electron chi connectivity index (χ2n) is 3.17. The summed E-state index contributed by atoms with van der Waals surface area (Å²) in [7, 11) is 0. The van der Waals surface area contributed by atoms with Gasteiger partial charge in [-0.25, -0.2) is 0 Å². The van der Waals surface area contributed by atoms with Gasteiger partial charge in [0.1, 0.15) is 5.75 Å². The Kier molecular flexibility index (Phi) is 2.01. The van der Waals surface area contributed by atoms with Gasteiger partial charge in [-0.2, -0.15) is 13.2 Å². The van der Waals surface area contributed by atoms with Crippen molar-refractivity contribution in [3.63, 3.8) is 0 Å². The van der Waals surface area contributed by atoms with E-state index < -0.39 is 12.0 Å². The first-order chi connectivity index (χ1) is 6.92. The minimum atomic E-state index is -4.85. The summed E-state index contributed by atoms with van der Waals surface area (Å²) < 4.78 is 41.7. The maximum atomic E-state index is 12.4. The summed E-state index contributed by atoms with van der Waals surface area (Å²) in [6.45, 7) is 0. The maximum absolute atomic E-state index is 12.4. The highest BCUT2D eigenvalue weighted by Gasteiger charge is 2.56. The Morgan fingerprint density at radius 2 is 1.87 bits per heavy atom. The van der Waals surface area contributed by atoms with E-state index in [1.807, 2.05) is 0 Å². The third-order valence-corrected chi connectivity index (χ3v) is 2.08. The predicted octanol–water partition coefficient (Wildman–Crippen LogP) is 2.34. The zero-order valence-electron chi connectivity index (χ0n) is 7.45. The van der Waals surface area contributed by atoms with Crippen LogP contribution >= 0.6 is 0 Å². The largest absolute Gasteiger partial charge is 0.459 e. The van der Waals surface area contributed by atoms with Gasteiger partial charge in [0.15, 0.2) is 0 Å². The van der Waals surface area contributed by atoms with Crippen molar-refractivity contribution < 1.29 is 23.0 Å². The van der Waals surface area contributed by atoms with E-state index in [0.717, 1.165) is 0 Å². The molecule has 0 fully saturated rings. The Balaban J connectivity index is 2.42. The minimum absolute atomic E-state index is 0.0137. The lowest BCUT2D eigenvalue weighted by molar-refractivity contribution is -0.311. The molecule has 1 atom stereocenters. The van der Waals surface area contributed by atoms with Crippen LogP contribution in [-0.2, 0) is 0 Å². The monoisotopic (exact) mass is 216 g/mol. The molecule has 0 radical (unpaired) electrons. The lowest BCUT2D eigenvalue weighted by Gasteiger charge is -2.31. The van der Waals surface area contributed by atoms with Gasteiger partial charge in [0, 0.05) is 5.56 Å². The fourth-order valence-corrected chi connectivity index (χ4v) is 1.27. The van der Waals surface area contributed by atoms with Crippen molar-refractivity contribution in [2.45, 2.75) is 12.0 Å². The molecular formula is C10H7F3O2. The van der Waals surface area contributed by atoms with Gasteiger partial charge >= 0.3 is 12.0 Å². The molecule has 1 aliphatic heterocycles. The predicted molar refractivity (Wildman–Crippen MR) is 47.1 cm³/mol. The fourth-order valence-electron chi connectivity index (χ4n) is 1.27. The van der Waals surface area contributed by atoms with Gasteiger partial charge < -0.3 is 9.84 Å². The van der Waals surface area contributed by atoms with Crippen LogP contribution in [0.4, 0.5) is 13.2 Å². The second kappa shape index (κ2) is 3.00. The van der Waals surface area contributed by atoms with E-state index in [4.69, 9.17) is 0 Å². The number of alkyl halides is 3. The van der Waals surface area contributed by atoms with E-state index in [2.05, 4.69) is 4.74 Å². The molecule has 5 heteroatoms. The summed E-state index contributed by atoms with van der Waals surface area (Å²) in [6, 6.07) is 6.18. The second-order valence-corrected chi connectivity index (χ2v) is 3.17. The van der Waals surface area contributed by atoms with Crippen LogP contribution in [0.1, 0.15) is 5.56 Å². The Morgan fingerprint density at radius 3 is 2.53 bits per heavy atom. The molecule has 0 aliphatic carbocycles. The highest BCUT2D eigenvalue weighted by atomic mass is 19.4. The average molecular weight is 216 g/mol. The first kappa shape index (κ1) is 10.0. The standard InChI is InChI=1S/C10H7F3O2/c11-10(12,13)9(14)6-5-7-3-1-2-4-8(7)15-9/h1-6,14H. The molecule has 0 saturated carbocycles. The molecule has 0 amide bonds.